The van der Waals surface area contributed by atoms with Gasteiger partial charge in [0.25, 0.3) is 17.5 Å². The van der Waals surface area contributed by atoms with E-state index in [1.165, 1.54) is 28.9 Å². The Kier molecular flexibility index (Phi) is 6.39. The van der Waals surface area contributed by atoms with Gasteiger partial charge in [0.05, 0.1) is 4.92 Å². The lowest BCUT2D eigenvalue weighted by Gasteiger charge is -2.42. The van der Waals surface area contributed by atoms with Gasteiger partial charge < -0.3 is 9.80 Å². The summed E-state index contributed by atoms with van der Waals surface area (Å²) in [5.41, 5.74) is 3.94. The number of urea groups is 1. The minimum Gasteiger partial charge on any atom is -0.306 e. The highest BCUT2D eigenvalue weighted by molar-refractivity contribution is 8.16. The molecule has 0 saturated carbocycles. The molecular weight excluding hydrogens is 584 g/mol. The van der Waals surface area contributed by atoms with Gasteiger partial charge in [0.1, 0.15) is 10.9 Å². The van der Waals surface area contributed by atoms with E-state index in [1.54, 1.807) is 32.9 Å². The number of nitro groups is 1. The molecule has 2 aromatic rings. The number of hydrazine groups is 1. The molecule has 0 aliphatic carbocycles. The Morgan fingerprint density at radius 1 is 1.09 bits per heavy atom. The number of likely N-dealkylation sites (N-methyl/N-ethyl adjacent to an activating group) is 3. The zero-order valence-electron chi connectivity index (χ0n) is 24.5. The van der Waals surface area contributed by atoms with Gasteiger partial charge in [0.15, 0.2) is 16.9 Å². The number of anilines is 1. The maximum atomic E-state index is 15.2. The number of aliphatic imine (C=N–C) groups is 1. The van der Waals surface area contributed by atoms with Crippen molar-refractivity contribution in [3.63, 3.8) is 0 Å². The van der Waals surface area contributed by atoms with Crippen molar-refractivity contribution >= 4 is 46.1 Å². The summed E-state index contributed by atoms with van der Waals surface area (Å²) in [6.07, 6.45) is 0.553. The first kappa shape index (κ1) is 28.5. The van der Waals surface area contributed by atoms with Crippen molar-refractivity contribution in [2.75, 3.05) is 38.1 Å². The number of hydrogen-bond acceptors (Lipinski definition) is 9. The molecule has 5 heterocycles. The summed E-state index contributed by atoms with van der Waals surface area (Å²) >= 11 is 1.24. The summed E-state index contributed by atoms with van der Waals surface area (Å²) in [4.78, 5) is 66.2. The lowest BCUT2D eigenvalue weighted by Crippen LogP contribution is -2.66. The van der Waals surface area contributed by atoms with E-state index in [1.807, 2.05) is 50.1 Å². The van der Waals surface area contributed by atoms with Gasteiger partial charge in [-0.3, -0.25) is 29.5 Å². The van der Waals surface area contributed by atoms with E-state index in [0.29, 0.717) is 41.6 Å². The van der Waals surface area contributed by atoms with Gasteiger partial charge >= 0.3 is 6.03 Å². The average Bonchev–Trinajstić information content (AvgIpc) is 3.65. The van der Waals surface area contributed by atoms with Crippen LogP contribution in [0.4, 0.5) is 16.2 Å². The second kappa shape index (κ2) is 9.87. The number of amidine groups is 1. The maximum Gasteiger partial charge on any atom is 0.323 e. The highest BCUT2D eigenvalue weighted by Gasteiger charge is 2.79. The second-order valence-electron chi connectivity index (χ2n) is 11.4. The quantitative estimate of drug-likeness (QED) is 0.298. The molecule has 3 fully saturated rings. The Morgan fingerprint density at radius 3 is 2.45 bits per heavy atom. The van der Waals surface area contributed by atoms with E-state index < -0.39 is 33.5 Å². The lowest BCUT2D eigenvalue weighted by molar-refractivity contribution is -0.384. The van der Waals surface area contributed by atoms with Gasteiger partial charge in [-0.1, -0.05) is 48.2 Å². The first-order chi connectivity index (χ1) is 21.2. The minimum atomic E-state index is -1.44. The number of carbonyl (C=O) groups is 3. The molecule has 1 N–H and O–H groups in total. The van der Waals surface area contributed by atoms with Crippen LogP contribution in [0, 0.1) is 10.1 Å². The highest BCUT2D eigenvalue weighted by atomic mass is 32.2. The summed E-state index contributed by atoms with van der Waals surface area (Å²) in [7, 11) is 1.85. The van der Waals surface area contributed by atoms with E-state index in [2.05, 4.69) is 12.0 Å². The number of nitrogens with one attached hydrogen (secondary N) is 1. The number of benzene rings is 2. The summed E-state index contributed by atoms with van der Waals surface area (Å²) in [5, 5.41) is 13.3. The van der Waals surface area contributed by atoms with Crippen molar-refractivity contribution in [2.45, 2.75) is 42.4 Å². The number of nitrogens with zero attached hydrogens (tertiary/aromatic N) is 7. The van der Waals surface area contributed by atoms with Crippen LogP contribution in [0.3, 0.4) is 0 Å². The first-order valence-electron chi connectivity index (χ1n) is 14.6. The molecule has 3 saturated heterocycles. The lowest BCUT2D eigenvalue weighted by atomic mass is 9.72. The van der Waals surface area contributed by atoms with E-state index in [9.17, 15) is 19.7 Å². The molecule has 0 radical (unpaired) electrons. The van der Waals surface area contributed by atoms with E-state index >= 15 is 4.79 Å². The molecule has 14 heteroatoms. The Balaban J connectivity index is 1.45. The maximum absolute atomic E-state index is 15.2. The van der Waals surface area contributed by atoms with Crippen LogP contribution < -0.4 is 10.3 Å². The van der Waals surface area contributed by atoms with Crippen molar-refractivity contribution in [3.05, 3.63) is 82.4 Å². The molecule has 44 heavy (non-hydrogen) atoms. The van der Waals surface area contributed by atoms with E-state index in [0.717, 1.165) is 0 Å². The molecule has 2 spiro atoms. The van der Waals surface area contributed by atoms with Crippen molar-refractivity contribution in [3.8, 4) is 0 Å². The molecule has 5 aliphatic heterocycles. The molecule has 5 atom stereocenters. The van der Waals surface area contributed by atoms with Gasteiger partial charge in [-0.2, -0.15) is 5.43 Å². The molecule has 5 unspecified atom stereocenters. The number of amides is 4. The summed E-state index contributed by atoms with van der Waals surface area (Å²) in [6.45, 7) is 9.10. The topological polar surface area (TPSA) is 135 Å². The van der Waals surface area contributed by atoms with Crippen LogP contribution in [0.25, 0.3) is 0 Å². The minimum absolute atomic E-state index is 0.0611. The monoisotopic (exact) mass is 616 g/mol. The molecule has 0 bridgehead atoms. The number of rotatable bonds is 6. The third kappa shape index (κ3) is 3.32. The Morgan fingerprint density at radius 2 is 1.80 bits per heavy atom. The Bertz CT molecular complexity index is 1650. The highest BCUT2D eigenvalue weighted by Crippen LogP contribution is 2.66. The van der Waals surface area contributed by atoms with Crippen molar-refractivity contribution < 1.29 is 19.3 Å². The van der Waals surface area contributed by atoms with Crippen LogP contribution in [0.15, 0.2) is 66.2 Å². The number of nitro benzene ring substituents is 1. The van der Waals surface area contributed by atoms with Gasteiger partial charge in [0, 0.05) is 55.5 Å². The van der Waals surface area contributed by atoms with Crippen LogP contribution in [-0.4, -0.2) is 98.0 Å². The third-order valence-electron chi connectivity index (χ3n) is 9.59. The van der Waals surface area contributed by atoms with Crippen LogP contribution in [0.5, 0.6) is 0 Å². The van der Waals surface area contributed by atoms with Gasteiger partial charge in [0.2, 0.25) is 0 Å². The van der Waals surface area contributed by atoms with E-state index in [4.69, 9.17) is 4.99 Å². The molecule has 228 valence electrons. The van der Waals surface area contributed by atoms with Gasteiger partial charge in [-0.15, -0.1) is 6.58 Å². The Hall–Kier alpha value is -4.27. The molecule has 2 aromatic carbocycles. The number of para-hydroxylation sites is 1. The normalized spacial score (nSPS) is 30.8. The number of non-ortho nitro benzene ring substituents is 1. The van der Waals surface area contributed by atoms with Crippen LogP contribution in [0.1, 0.15) is 30.9 Å². The molecule has 5 aliphatic rings. The number of fused-ring (bicyclic) bond motifs is 5. The number of likely N-dealkylation sites (tertiary alicyclic amines) is 1. The summed E-state index contributed by atoms with van der Waals surface area (Å²) in [5.74, 6) is -1.14. The second-order valence-corrected chi connectivity index (χ2v) is 12.7. The molecule has 13 nitrogen and oxygen atoms in total. The van der Waals surface area contributed by atoms with Crippen LogP contribution >= 0.6 is 11.8 Å². The Labute approximate surface area is 258 Å². The fourth-order valence-corrected chi connectivity index (χ4v) is 9.46. The van der Waals surface area contributed by atoms with Crippen molar-refractivity contribution in [1.29, 1.82) is 0 Å². The molecular formula is C30H32N8O5S. The number of hydrogen-bond donors (Lipinski definition) is 1. The molecule has 4 amide bonds. The smallest absolute Gasteiger partial charge is 0.306 e. The zero-order chi connectivity index (χ0) is 31.1. The summed E-state index contributed by atoms with van der Waals surface area (Å²) in [6, 6.07) is 13.6. The fourth-order valence-electron chi connectivity index (χ4n) is 7.75. The number of carbonyl (C=O) groups excluding carboxylic acids is 3. The predicted molar refractivity (Wildman–Crippen MR) is 165 cm³/mol. The van der Waals surface area contributed by atoms with Crippen LogP contribution in [0.2, 0.25) is 0 Å². The predicted octanol–water partition coefficient (Wildman–Crippen LogP) is 2.67. The van der Waals surface area contributed by atoms with Gasteiger partial charge in [-0.05, 0) is 32.5 Å². The zero-order valence-corrected chi connectivity index (χ0v) is 25.4. The van der Waals surface area contributed by atoms with Crippen molar-refractivity contribution in [1.82, 2.24) is 25.1 Å². The SMILES string of the molecule is C=CCN1C(=O)C2(c3ccccc31)N(C)CC(c1ccc([N+](=O)[O-])cc1)C21SC2=NC3C(NN2C1=O)N(CC)C(=O)N3CC. The van der Waals surface area contributed by atoms with Crippen LogP contribution in [-0.2, 0) is 15.1 Å². The molecule has 0 aromatic heterocycles. The average molecular weight is 617 g/mol. The molecule has 7 rings (SSSR count). The largest absolute Gasteiger partial charge is 0.323 e. The fraction of sp³-hybridized carbons (Fsp3) is 0.400. The summed E-state index contributed by atoms with van der Waals surface area (Å²) < 4.78 is -1.44. The number of thioether (sulfide) groups is 1. The van der Waals surface area contributed by atoms with Crippen molar-refractivity contribution in [2.24, 2.45) is 4.99 Å². The first-order valence-corrected chi connectivity index (χ1v) is 15.4. The standard InChI is InChI=1S/C30H32N8O5S/c1-5-16-36-22-11-9-8-10-20(22)29(25(36)39)30(21(17-33(29)4)18-12-14-19(15-13-18)38(42)43)26(40)37-27(44-30)31-23-24(32-37)35(7-3)28(41)34(23)6-2/h5,8-15,21,23-24,32H,1,6-7,16-17H2,2-4H3. The van der Waals surface area contributed by atoms with E-state index in [-0.39, 0.29) is 30.1 Å². The van der Waals surface area contributed by atoms with Gasteiger partial charge in [-0.25, -0.2) is 14.8 Å². The third-order valence-corrected chi connectivity index (χ3v) is 11.1.